The van der Waals surface area contributed by atoms with Gasteiger partial charge in [0.05, 0.1) is 0 Å². The maximum Gasteiger partial charge on any atom is 0.308 e. The molecule has 0 aromatic heterocycles. The van der Waals surface area contributed by atoms with E-state index in [1.54, 1.807) is 6.07 Å². The first-order valence-corrected chi connectivity index (χ1v) is 7.37. The summed E-state index contributed by atoms with van der Waals surface area (Å²) in [7, 11) is 0. The Bertz CT molecular complexity index is 529. The highest BCUT2D eigenvalue weighted by Crippen LogP contribution is 2.38. The molecule has 0 radical (unpaired) electrons. The summed E-state index contributed by atoms with van der Waals surface area (Å²) in [6, 6.07) is 3.69. The number of esters is 2. The van der Waals surface area contributed by atoms with Crippen LogP contribution in [-0.2, 0) is 20.3 Å². The summed E-state index contributed by atoms with van der Waals surface area (Å²) in [4.78, 5) is 22.5. The van der Waals surface area contributed by atoms with E-state index in [1.807, 2.05) is 6.07 Å². The molecular weight excluding hydrogens is 324 g/mol. The van der Waals surface area contributed by atoms with E-state index in [2.05, 4.69) is 36.7 Å². The molecule has 0 aliphatic heterocycles. The van der Waals surface area contributed by atoms with Gasteiger partial charge in [-0.3, -0.25) is 9.59 Å². The number of alkyl halides is 1. The second-order valence-electron chi connectivity index (χ2n) is 5.53. The van der Waals surface area contributed by atoms with Crippen LogP contribution in [0.25, 0.3) is 0 Å². The van der Waals surface area contributed by atoms with E-state index in [9.17, 15) is 9.59 Å². The Morgan fingerprint density at radius 1 is 1.10 bits per heavy atom. The van der Waals surface area contributed by atoms with Crippen LogP contribution in [0.1, 0.15) is 45.7 Å². The minimum absolute atomic E-state index is 0.111. The molecule has 0 amide bonds. The summed E-state index contributed by atoms with van der Waals surface area (Å²) >= 11 is 3.37. The highest BCUT2D eigenvalue weighted by Gasteiger charge is 2.22. The first kappa shape index (κ1) is 16.7. The van der Waals surface area contributed by atoms with Gasteiger partial charge in [0.2, 0.25) is 0 Å². The lowest BCUT2D eigenvalue weighted by Crippen LogP contribution is -2.14. The van der Waals surface area contributed by atoms with Crippen LogP contribution in [0, 0.1) is 0 Å². The average molecular weight is 343 g/mol. The van der Waals surface area contributed by atoms with Crippen molar-refractivity contribution in [2.24, 2.45) is 0 Å². The van der Waals surface area contributed by atoms with E-state index in [0.717, 1.165) is 11.1 Å². The van der Waals surface area contributed by atoms with Crippen molar-refractivity contribution in [3.8, 4) is 11.5 Å². The van der Waals surface area contributed by atoms with Crippen LogP contribution in [0.2, 0.25) is 0 Å². The minimum atomic E-state index is -0.455. The van der Waals surface area contributed by atoms with E-state index < -0.39 is 11.9 Å². The van der Waals surface area contributed by atoms with Gasteiger partial charge in [0.15, 0.2) is 11.5 Å². The Morgan fingerprint density at radius 3 is 2.05 bits per heavy atom. The summed E-state index contributed by atoms with van der Waals surface area (Å²) < 4.78 is 10.4. The highest BCUT2D eigenvalue weighted by molar-refractivity contribution is 9.08. The summed E-state index contributed by atoms with van der Waals surface area (Å²) in [6.45, 7) is 8.80. The Labute approximate surface area is 127 Å². The monoisotopic (exact) mass is 342 g/mol. The largest absolute Gasteiger partial charge is 0.423 e. The number of benzene rings is 1. The molecule has 20 heavy (non-hydrogen) atoms. The maximum absolute atomic E-state index is 11.2. The molecule has 5 heteroatoms. The molecule has 0 spiro atoms. The first-order chi connectivity index (χ1) is 9.15. The third-order valence-electron chi connectivity index (χ3n) is 2.64. The van der Waals surface area contributed by atoms with Crippen LogP contribution in [0.15, 0.2) is 12.1 Å². The number of halogens is 1. The molecule has 0 N–H and O–H groups in total. The molecule has 0 unspecified atom stereocenters. The Kier molecular flexibility index (Phi) is 5.34. The fraction of sp³-hybridized carbons (Fsp3) is 0.467. The maximum atomic E-state index is 11.2. The molecule has 1 aromatic rings. The average Bonchev–Trinajstić information content (AvgIpc) is 2.28. The third-order valence-corrected chi connectivity index (χ3v) is 3.25. The van der Waals surface area contributed by atoms with Crippen molar-refractivity contribution in [1.82, 2.24) is 0 Å². The minimum Gasteiger partial charge on any atom is -0.423 e. The van der Waals surface area contributed by atoms with Gasteiger partial charge in [-0.25, -0.2) is 0 Å². The zero-order valence-electron chi connectivity index (χ0n) is 12.4. The number of carbonyl (C=O) groups is 2. The van der Waals surface area contributed by atoms with Crippen LogP contribution >= 0.6 is 15.9 Å². The Balaban J connectivity index is 3.46. The molecule has 0 saturated heterocycles. The van der Waals surface area contributed by atoms with E-state index in [-0.39, 0.29) is 16.9 Å². The predicted molar refractivity (Wildman–Crippen MR) is 80.4 cm³/mol. The van der Waals surface area contributed by atoms with E-state index in [4.69, 9.17) is 9.47 Å². The highest BCUT2D eigenvalue weighted by atomic mass is 79.9. The van der Waals surface area contributed by atoms with Crippen molar-refractivity contribution in [3.05, 3.63) is 23.3 Å². The third kappa shape index (κ3) is 4.34. The number of hydrogen-bond donors (Lipinski definition) is 0. The van der Waals surface area contributed by atoms with Gasteiger partial charge < -0.3 is 9.47 Å². The van der Waals surface area contributed by atoms with Crippen LogP contribution in [0.5, 0.6) is 11.5 Å². The molecule has 0 heterocycles. The fourth-order valence-corrected chi connectivity index (χ4v) is 2.10. The van der Waals surface area contributed by atoms with Crippen molar-refractivity contribution in [2.75, 3.05) is 0 Å². The van der Waals surface area contributed by atoms with Gasteiger partial charge in [0.1, 0.15) is 0 Å². The van der Waals surface area contributed by atoms with Crippen molar-refractivity contribution >= 4 is 27.9 Å². The molecule has 0 atom stereocenters. The van der Waals surface area contributed by atoms with Crippen molar-refractivity contribution < 1.29 is 19.1 Å². The van der Waals surface area contributed by atoms with Gasteiger partial charge in [-0.05, 0) is 17.0 Å². The second-order valence-corrected chi connectivity index (χ2v) is 6.09. The van der Waals surface area contributed by atoms with Crippen LogP contribution < -0.4 is 9.47 Å². The molecule has 4 nitrogen and oxygen atoms in total. The lowest BCUT2D eigenvalue weighted by atomic mass is 9.86. The predicted octanol–water partition coefficient (Wildman–Crippen LogP) is 3.73. The second kappa shape index (κ2) is 6.39. The van der Waals surface area contributed by atoms with Gasteiger partial charge in [-0.1, -0.05) is 42.8 Å². The molecule has 0 bridgehead atoms. The normalized spacial score (nSPS) is 11.1. The van der Waals surface area contributed by atoms with Crippen LogP contribution in [0.3, 0.4) is 0 Å². The van der Waals surface area contributed by atoms with Gasteiger partial charge in [0, 0.05) is 24.7 Å². The van der Waals surface area contributed by atoms with Gasteiger partial charge in [-0.15, -0.1) is 0 Å². The lowest BCUT2D eigenvalue weighted by molar-refractivity contribution is -0.134. The van der Waals surface area contributed by atoms with Gasteiger partial charge in [0.25, 0.3) is 0 Å². The zero-order chi connectivity index (χ0) is 15.5. The Morgan fingerprint density at radius 2 is 1.65 bits per heavy atom. The summed E-state index contributed by atoms with van der Waals surface area (Å²) in [6.07, 6.45) is 0. The summed E-state index contributed by atoms with van der Waals surface area (Å²) in [5.74, 6) is -0.346. The SMILES string of the molecule is CC(=O)Oc1cc(C(C)(C)C)cc(CBr)c1OC(C)=O. The van der Waals surface area contributed by atoms with Crippen LogP contribution in [-0.4, -0.2) is 11.9 Å². The van der Waals surface area contributed by atoms with Crippen molar-refractivity contribution in [3.63, 3.8) is 0 Å². The van der Waals surface area contributed by atoms with Gasteiger partial charge >= 0.3 is 11.9 Å². The molecule has 110 valence electrons. The molecule has 1 rings (SSSR count). The number of hydrogen-bond acceptors (Lipinski definition) is 4. The quantitative estimate of drug-likeness (QED) is 0.477. The molecule has 0 saturated carbocycles. The van der Waals surface area contributed by atoms with Crippen molar-refractivity contribution in [2.45, 2.75) is 45.4 Å². The standard InChI is InChI=1S/C15H19BrO4/c1-9(17)19-13-7-12(15(3,4)5)6-11(8-16)14(13)20-10(2)18/h6-7H,8H2,1-5H3. The number of rotatable bonds is 3. The molecule has 0 aliphatic carbocycles. The number of ether oxygens (including phenoxy) is 2. The van der Waals surface area contributed by atoms with Crippen molar-refractivity contribution in [1.29, 1.82) is 0 Å². The molecule has 0 fully saturated rings. The topological polar surface area (TPSA) is 52.6 Å². The lowest BCUT2D eigenvalue weighted by Gasteiger charge is -2.22. The van der Waals surface area contributed by atoms with Crippen LogP contribution in [0.4, 0.5) is 0 Å². The Hall–Kier alpha value is -1.36. The zero-order valence-corrected chi connectivity index (χ0v) is 14.0. The summed E-state index contributed by atoms with van der Waals surface area (Å²) in [5.41, 5.74) is 1.66. The molecule has 0 aliphatic rings. The molecule has 1 aromatic carbocycles. The molecular formula is C15H19BrO4. The smallest absolute Gasteiger partial charge is 0.308 e. The van der Waals surface area contributed by atoms with E-state index in [0.29, 0.717) is 5.33 Å². The fourth-order valence-electron chi connectivity index (χ4n) is 1.68. The summed E-state index contributed by atoms with van der Waals surface area (Å²) in [5, 5.41) is 0.494. The van der Waals surface area contributed by atoms with Gasteiger partial charge in [-0.2, -0.15) is 0 Å². The number of carbonyl (C=O) groups excluding carboxylic acids is 2. The van der Waals surface area contributed by atoms with E-state index >= 15 is 0 Å². The first-order valence-electron chi connectivity index (χ1n) is 6.25. The van der Waals surface area contributed by atoms with E-state index in [1.165, 1.54) is 13.8 Å².